The van der Waals surface area contributed by atoms with E-state index in [-0.39, 0.29) is 35.9 Å². The van der Waals surface area contributed by atoms with Gasteiger partial charge in [0, 0.05) is 22.0 Å². The Morgan fingerprint density at radius 2 is 2.20 bits per heavy atom. The first-order valence-electron chi connectivity index (χ1n) is 9.08. The number of carbonyl (C=O) groups is 2. The lowest BCUT2D eigenvalue weighted by Gasteiger charge is -2.35. The predicted molar refractivity (Wildman–Crippen MR) is 95.4 cm³/mol. The van der Waals surface area contributed by atoms with Gasteiger partial charge in [-0.25, -0.2) is 0 Å². The molecule has 3 atom stereocenters. The van der Waals surface area contributed by atoms with Crippen molar-refractivity contribution in [2.45, 2.75) is 55.8 Å². The van der Waals surface area contributed by atoms with Crippen molar-refractivity contribution in [3.8, 4) is 0 Å². The SMILES string of the molecule is O=C(CN1CC2(CC2)c2cc(Br)ccc2C1=O)N[C@H]1C[C@@H]2CC[C@H]1O2. The van der Waals surface area contributed by atoms with Gasteiger partial charge in [-0.05, 0) is 55.9 Å². The fourth-order valence-electron chi connectivity index (χ4n) is 4.76. The van der Waals surface area contributed by atoms with Crippen LogP contribution in [0.4, 0.5) is 0 Å². The monoisotopic (exact) mass is 404 g/mol. The summed E-state index contributed by atoms with van der Waals surface area (Å²) < 4.78 is 6.81. The minimum atomic E-state index is -0.0640. The summed E-state index contributed by atoms with van der Waals surface area (Å²) in [6.45, 7) is 0.792. The lowest BCUT2D eigenvalue weighted by atomic mass is 9.86. The molecule has 1 aromatic rings. The van der Waals surface area contributed by atoms with Crippen molar-refractivity contribution in [2.24, 2.45) is 0 Å². The van der Waals surface area contributed by atoms with Gasteiger partial charge in [0.1, 0.15) is 0 Å². The van der Waals surface area contributed by atoms with Gasteiger partial charge in [0.05, 0.1) is 24.8 Å². The number of nitrogens with zero attached hydrogens (tertiary/aromatic N) is 1. The Morgan fingerprint density at radius 3 is 2.88 bits per heavy atom. The third kappa shape index (κ3) is 2.61. The zero-order valence-electron chi connectivity index (χ0n) is 14.0. The summed E-state index contributed by atoms with van der Waals surface area (Å²) in [5, 5.41) is 3.09. The Bertz CT molecular complexity index is 761. The van der Waals surface area contributed by atoms with Gasteiger partial charge in [-0.3, -0.25) is 9.59 Å². The molecule has 1 N–H and O–H groups in total. The van der Waals surface area contributed by atoms with Crippen LogP contribution in [0.1, 0.15) is 48.0 Å². The van der Waals surface area contributed by atoms with Gasteiger partial charge in [0.15, 0.2) is 0 Å². The molecule has 3 fully saturated rings. The molecule has 3 heterocycles. The van der Waals surface area contributed by atoms with Crippen LogP contribution in [0.5, 0.6) is 0 Å². The summed E-state index contributed by atoms with van der Waals surface area (Å²) in [5.41, 5.74) is 1.95. The number of fused-ring (bicyclic) bond motifs is 4. The maximum Gasteiger partial charge on any atom is 0.254 e. The van der Waals surface area contributed by atoms with E-state index >= 15 is 0 Å². The third-order valence-electron chi connectivity index (χ3n) is 6.20. The fourth-order valence-corrected chi connectivity index (χ4v) is 5.12. The van der Waals surface area contributed by atoms with Crippen LogP contribution in [0, 0.1) is 0 Å². The lowest BCUT2D eigenvalue weighted by Crippen LogP contribution is -2.50. The van der Waals surface area contributed by atoms with Gasteiger partial charge in [0.25, 0.3) is 5.91 Å². The molecular formula is C19H21BrN2O3. The summed E-state index contributed by atoms with van der Waals surface area (Å²) in [6.07, 6.45) is 5.70. The van der Waals surface area contributed by atoms with Crippen molar-refractivity contribution in [3.63, 3.8) is 0 Å². The van der Waals surface area contributed by atoms with Gasteiger partial charge < -0.3 is 15.0 Å². The maximum absolute atomic E-state index is 12.8. The molecule has 3 aliphatic heterocycles. The normalized spacial score (nSPS) is 31.3. The van der Waals surface area contributed by atoms with E-state index < -0.39 is 0 Å². The summed E-state index contributed by atoms with van der Waals surface area (Å²) in [6, 6.07) is 5.98. The molecule has 5 rings (SSSR count). The van der Waals surface area contributed by atoms with Crippen LogP contribution in [-0.4, -0.2) is 48.1 Å². The van der Waals surface area contributed by atoms with Crippen LogP contribution in [0.2, 0.25) is 0 Å². The van der Waals surface area contributed by atoms with E-state index in [1.807, 2.05) is 12.1 Å². The zero-order valence-corrected chi connectivity index (χ0v) is 15.5. The number of benzene rings is 1. The van der Waals surface area contributed by atoms with E-state index in [1.165, 1.54) is 0 Å². The largest absolute Gasteiger partial charge is 0.373 e. The first-order chi connectivity index (χ1) is 12.0. The highest BCUT2D eigenvalue weighted by atomic mass is 79.9. The molecule has 2 bridgehead atoms. The molecule has 0 aromatic heterocycles. The molecule has 6 heteroatoms. The van der Waals surface area contributed by atoms with Gasteiger partial charge in [0.2, 0.25) is 5.91 Å². The van der Waals surface area contributed by atoms with E-state index in [4.69, 9.17) is 4.74 Å². The van der Waals surface area contributed by atoms with Crippen LogP contribution in [-0.2, 0) is 14.9 Å². The Balaban J connectivity index is 1.31. The second-order valence-electron chi connectivity index (χ2n) is 7.92. The van der Waals surface area contributed by atoms with E-state index in [0.29, 0.717) is 12.6 Å². The topological polar surface area (TPSA) is 58.6 Å². The minimum absolute atomic E-state index is 0.0284. The van der Waals surface area contributed by atoms with Crippen LogP contribution in [0.25, 0.3) is 0 Å². The molecule has 1 spiro atoms. The number of hydrogen-bond donors (Lipinski definition) is 1. The molecule has 2 saturated heterocycles. The van der Waals surface area contributed by atoms with Crippen molar-refractivity contribution in [1.29, 1.82) is 0 Å². The Morgan fingerprint density at radius 1 is 1.36 bits per heavy atom. The highest BCUT2D eigenvalue weighted by Crippen LogP contribution is 2.52. The fraction of sp³-hybridized carbons (Fsp3) is 0.579. The number of nitrogens with one attached hydrogen (secondary N) is 1. The average molecular weight is 405 g/mol. The Labute approximate surface area is 155 Å². The van der Waals surface area contributed by atoms with E-state index in [2.05, 4.69) is 27.3 Å². The number of amides is 2. The Hall–Kier alpha value is -1.40. The molecule has 4 aliphatic rings. The first-order valence-corrected chi connectivity index (χ1v) is 9.87. The van der Waals surface area contributed by atoms with E-state index in [9.17, 15) is 9.59 Å². The van der Waals surface area contributed by atoms with Crippen molar-refractivity contribution >= 4 is 27.7 Å². The smallest absolute Gasteiger partial charge is 0.254 e. The second kappa shape index (κ2) is 5.55. The second-order valence-corrected chi connectivity index (χ2v) is 8.83. The number of rotatable bonds is 3. The Kier molecular flexibility index (Phi) is 3.51. The van der Waals surface area contributed by atoms with Gasteiger partial charge >= 0.3 is 0 Å². The molecule has 0 unspecified atom stereocenters. The lowest BCUT2D eigenvalue weighted by molar-refractivity contribution is -0.123. The van der Waals surface area contributed by atoms with Crippen molar-refractivity contribution in [3.05, 3.63) is 33.8 Å². The predicted octanol–water partition coefficient (Wildman–Crippen LogP) is 2.37. The third-order valence-corrected chi connectivity index (χ3v) is 6.70. The standard InChI is InChI=1S/C19H21BrN2O3/c20-11-1-3-13-14(7-11)19(5-6-19)10-22(18(13)24)9-17(23)21-15-8-12-2-4-16(15)25-12/h1,3,7,12,15-16H,2,4-6,8-10H2,(H,21,23)/t12-,15-,16+/m0/s1. The zero-order chi connectivity index (χ0) is 17.2. The minimum Gasteiger partial charge on any atom is -0.373 e. The number of ether oxygens (including phenoxy) is 1. The first kappa shape index (κ1) is 15.8. The van der Waals surface area contributed by atoms with E-state index in [1.54, 1.807) is 4.90 Å². The maximum atomic E-state index is 12.8. The number of hydrogen-bond acceptors (Lipinski definition) is 3. The van der Waals surface area contributed by atoms with Crippen LogP contribution in [0.15, 0.2) is 22.7 Å². The highest BCUT2D eigenvalue weighted by molar-refractivity contribution is 9.10. The number of carbonyl (C=O) groups excluding carboxylic acids is 2. The van der Waals surface area contributed by atoms with Crippen molar-refractivity contribution in [1.82, 2.24) is 10.2 Å². The van der Waals surface area contributed by atoms with Crippen LogP contribution >= 0.6 is 15.9 Å². The molecule has 0 radical (unpaired) electrons. The van der Waals surface area contributed by atoms with Gasteiger partial charge in [-0.2, -0.15) is 0 Å². The number of halogens is 1. The van der Waals surface area contributed by atoms with E-state index in [0.717, 1.165) is 47.7 Å². The van der Waals surface area contributed by atoms with Crippen LogP contribution in [0.3, 0.4) is 0 Å². The van der Waals surface area contributed by atoms with Crippen molar-refractivity contribution in [2.75, 3.05) is 13.1 Å². The van der Waals surface area contributed by atoms with Gasteiger partial charge in [-0.15, -0.1) is 0 Å². The molecule has 2 amide bonds. The van der Waals surface area contributed by atoms with Crippen LogP contribution < -0.4 is 5.32 Å². The summed E-state index contributed by atoms with van der Waals surface area (Å²) in [5.74, 6) is -0.0924. The van der Waals surface area contributed by atoms with Crippen molar-refractivity contribution < 1.29 is 14.3 Å². The summed E-state index contributed by atoms with van der Waals surface area (Å²) in [4.78, 5) is 27.1. The quantitative estimate of drug-likeness (QED) is 0.840. The summed E-state index contributed by atoms with van der Waals surface area (Å²) >= 11 is 3.51. The average Bonchev–Trinajstić information content (AvgIpc) is 3.04. The molecular weight excluding hydrogens is 384 g/mol. The summed E-state index contributed by atoms with van der Waals surface area (Å²) in [7, 11) is 0. The highest BCUT2D eigenvalue weighted by Gasteiger charge is 2.51. The molecule has 25 heavy (non-hydrogen) atoms. The molecule has 132 valence electrons. The molecule has 1 saturated carbocycles. The molecule has 1 aromatic carbocycles. The molecule has 5 nitrogen and oxygen atoms in total. The molecule has 1 aliphatic carbocycles. The van der Waals surface area contributed by atoms with Gasteiger partial charge in [-0.1, -0.05) is 15.9 Å².